The number of hydrogen-bond donors (Lipinski definition) is 0. The van der Waals surface area contributed by atoms with E-state index in [-0.39, 0.29) is 0 Å². The second kappa shape index (κ2) is 5.17. The highest BCUT2D eigenvalue weighted by Gasteiger charge is 2.05. The van der Waals surface area contributed by atoms with Gasteiger partial charge in [-0.3, -0.25) is 4.79 Å². The first-order chi connectivity index (χ1) is 7.00. The summed E-state index contributed by atoms with van der Waals surface area (Å²) in [7, 11) is 1.69. The molecule has 0 spiro atoms. The van der Waals surface area contributed by atoms with Gasteiger partial charge in [0, 0.05) is 13.6 Å². The van der Waals surface area contributed by atoms with E-state index in [9.17, 15) is 4.79 Å². The molecular formula is C12H16ClNO. The molecule has 0 aliphatic carbocycles. The number of nitrogens with zero attached hydrogens (tertiary/aromatic N) is 1. The summed E-state index contributed by atoms with van der Waals surface area (Å²) < 4.78 is 0. The summed E-state index contributed by atoms with van der Waals surface area (Å²) in [4.78, 5) is 12.3. The number of amides is 1. The van der Waals surface area contributed by atoms with Crippen molar-refractivity contribution >= 4 is 17.0 Å². The molecule has 0 atom stereocenters. The number of rotatable bonds is 3. The summed E-state index contributed by atoms with van der Waals surface area (Å²) in [5.41, 5.74) is 2.40. The fraction of sp³-hybridized carbons (Fsp3) is 0.417. The average Bonchev–Trinajstić information content (AvgIpc) is 2.18. The third-order valence-corrected chi connectivity index (χ3v) is 2.65. The summed E-state index contributed by atoms with van der Waals surface area (Å²) in [6.45, 7) is 4.87. The molecule has 0 aliphatic rings. The first kappa shape index (κ1) is 12.1. The van der Waals surface area contributed by atoms with E-state index in [4.69, 9.17) is 11.6 Å². The highest BCUT2D eigenvalue weighted by molar-refractivity contribution is 6.62. The Balaban J connectivity index is 2.68. The fourth-order valence-corrected chi connectivity index (χ4v) is 1.40. The van der Waals surface area contributed by atoms with Crippen molar-refractivity contribution in [2.75, 3.05) is 7.05 Å². The van der Waals surface area contributed by atoms with E-state index in [1.807, 2.05) is 12.1 Å². The standard InChI is InChI=1S/C12H16ClNO/c1-9(2)11-6-4-10(5-7-11)8-14(3)12(13)15/h4-7,9H,8H2,1-3H3. The lowest BCUT2D eigenvalue weighted by Gasteiger charge is -2.13. The number of carbonyl (C=O) groups excluding carboxylic acids is 1. The van der Waals surface area contributed by atoms with Gasteiger partial charge in [0.2, 0.25) is 0 Å². The molecule has 0 saturated heterocycles. The zero-order valence-corrected chi connectivity index (χ0v) is 10.1. The minimum atomic E-state index is -0.428. The molecule has 0 radical (unpaired) electrons. The molecule has 0 N–H and O–H groups in total. The van der Waals surface area contributed by atoms with Crippen molar-refractivity contribution in [2.45, 2.75) is 26.3 Å². The fourth-order valence-electron chi connectivity index (χ4n) is 1.34. The monoisotopic (exact) mass is 225 g/mol. The van der Waals surface area contributed by atoms with Gasteiger partial charge in [0.25, 0.3) is 0 Å². The molecule has 1 rings (SSSR count). The smallest absolute Gasteiger partial charge is 0.316 e. The molecular weight excluding hydrogens is 210 g/mol. The quantitative estimate of drug-likeness (QED) is 0.569. The summed E-state index contributed by atoms with van der Waals surface area (Å²) >= 11 is 5.35. The number of halogens is 1. The Kier molecular flexibility index (Phi) is 4.15. The minimum Gasteiger partial charge on any atom is -0.328 e. The average molecular weight is 226 g/mol. The van der Waals surface area contributed by atoms with E-state index >= 15 is 0 Å². The van der Waals surface area contributed by atoms with Crippen molar-refractivity contribution in [3.63, 3.8) is 0 Å². The molecule has 0 saturated carbocycles. The van der Waals surface area contributed by atoms with Crippen LogP contribution in [-0.2, 0) is 6.54 Å². The van der Waals surface area contributed by atoms with Gasteiger partial charge in [0.15, 0.2) is 0 Å². The molecule has 1 aromatic rings. The molecule has 1 aromatic carbocycles. The Bertz CT molecular complexity index is 332. The number of benzene rings is 1. The third kappa shape index (κ3) is 3.56. The SMILES string of the molecule is CC(C)c1ccc(CN(C)C(=O)Cl)cc1. The van der Waals surface area contributed by atoms with Gasteiger partial charge in [-0.05, 0) is 28.6 Å². The van der Waals surface area contributed by atoms with Crippen LogP contribution in [0.15, 0.2) is 24.3 Å². The largest absolute Gasteiger partial charge is 0.328 e. The first-order valence-electron chi connectivity index (χ1n) is 5.00. The predicted molar refractivity (Wildman–Crippen MR) is 63.2 cm³/mol. The molecule has 0 aliphatic heterocycles. The summed E-state index contributed by atoms with van der Waals surface area (Å²) in [5, 5.41) is -0.428. The zero-order chi connectivity index (χ0) is 11.4. The van der Waals surface area contributed by atoms with Crippen molar-refractivity contribution in [2.24, 2.45) is 0 Å². The van der Waals surface area contributed by atoms with Gasteiger partial charge in [-0.25, -0.2) is 0 Å². The van der Waals surface area contributed by atoms with Gasteiger partial charge in [0.1, 0.15) is 0 Å². The van der Waals surface area contributed by atoms with E-state index in [1.54, 1.807) is 7.05 Å². The van der Waals surface area contributed by atoms with Gasteiger partial charge >= 0.3 is 5.37 Å². The highest BCUT2D eigenvalue weighted by Crippen LogP contribution is 2.15. The van der Waals surface area contributed by atoms with E-state index < -0.39 is 5.37 Å². The Hall–Kier alpha value is -1.02. The summed E-state index contributed by atoms with van der Waals surface area (Å²) in [5.74, 6) is 0.534. The molecule has 15 heavy (non-hydrogen) atoms. The maximum atomic E-state index is 10.8. The Morgan fingerprint density at radius 2 is 1.87 bits per heavy atom. The van der Waals surface area contributed by atoms with Crippen LogP contribution >= 0.6 is 11.6 Å². The molecule has 0 unspecified atom stereocenters. The van der Waals surface area contributed by atoms with E-state index in [0.717, 1.165) is 5.56 Å². The van der Waals surface area contributed by atoms with Crippen LogP contribution in [0.1, 0.15) is 30.9 Å². The lowest BCUT2D eigenvalue weighted by atomic mass is 10.0. The highest BCUT2D eigenvalue weighted by atomic mass is 35.5. The predicted octanol–water partition coefficient (Wildman–Crippen LogP) is 3.60. The van der Waals surface area contributed by atoms with Gasteiger partial charge in [-0.1, -0.05) is 38.1 Å². The molecule has 0 fully saturated rings. The van der Waals surface area contributed by atoms with Gasteiger partial charge < -0.3 is 4.90 Å². The van der Waals surface area contributed by atoms with Crippen molar-refractivity contribution in [3.05, 3.63) is 35.4 Å². The normalized spacial score (nSPS) is 10.5. The van der Waals surface area contributed by atoms with Crippen LogP contribution in [0.5, 0.6) is 0 Å². The molecule has 82 valence electrons. The zero-order valence-electron chi connectivity index (χ0n) is 9.33. The lowest BCUT2D eigenvalue weighted by molar-refractivity contribution is 0.230. The van der Waals surface area contributed by atoms with Gasteiger partial charge in [-0.2, -0.15) is 0 Å². The van der Waals surface area contributed by atoms with Crippen LogP contribution in [0, 0.1) is 0 Å². The van der Waals surface area contributed by atoms with E-state index in [0.29, 0.717) is 12.5 Å². The van der Waals surface area contributed by atoms with Crippen molar-refractivity contribution in [1.29, 1.82) is 0 Å². The Labute approximate surface area is 95.8 Å². The van der Waals surface area contributed by atoms with Crippen molar-refractivity contribution < 1.29 is 4.79 Å². The lowest BCUT2D eigenvalue weighted by Crippen LogP contribution is -2.19. The van der Waals surface area contributed by atoms with Crippen LogP contribution in [-0.4, -0.2) is 17.3 Å². The van der Waals surface area contributed by atoms with Crippen molar-refractivity contribution in [3.8, 4) is 0 Å². The van der Waals surface area contributed by atoms with Crippen LogP contribution < -0.4 is 0 Å². The molecule has 2 nitrogen and oxygen atoms in total. The topological polar surface area (TPSA) is 20.3 Å². The van der Waals surface area contributed by atoms with E-state index in [1.165, 1.54) is 10.5 Å². The molecule has 0 aromatic heterocycles. The Morgan fingerprint density at radius 3 is 2.27 bits per heavy atom. The third-order valence-electron chi connectivity index (χ3n) is 2.37. The van der Waals surface area contributed by atoms with Crippen molar-refractivity contribution in [1.82, 2.24) is 4.90 Å². The van der Waals surface area contributed by atoms with E-state index in [2.05, 4.69) is 26.0 Å². The Morgan fingerprint density at radius 1 is 1.33 bits per heavy atom. The molecule has 0 heterocycles. The summed E-state index contributed by atoms with van der Waals surface area (Å²) in [6, 6.07) is 8.25. The second-order valence-electron chi connectivity index (χ2n) is 4.01. The maximum Gasteiger partial charge on any atom is 0.316 e. The first-order valence-corrected chi connectivity index (χ1v) is 5.38. The second-order valence-corrected chi connectivity index (χ2v) is 4.33. The number of carbonyl (C=O) groups is 1. The summed E-state index contributed by atoms with van der Waals surface area (Å²) in [6.07, 6.45) is 0. The van der Waals surface area contributed by atoms with Crippen LogP contribution in [0.4, 0.5) is 4.79 Å². The maximum absolute atomic E-state index is 10.8. The minimum absolute atomic E-state index is 0.428. The molecule has 0 bridgehead atoms. The molecule has 1 amide bonds. The van der Waals surface area contributed by atoms with Crippen LogP contribution in [0.25, 0.3) is 0 Å². The van der Waals surface area contributed by atoms with Crippen LogP contribution in [0.2, 0.25) is 0 Å². The van der Waals surface area contributed by atoms with Gasteiger partial charge in [0.05, 0.1) is 0 Å². The number of hydrogen-bond acceptors (Lipinski definition) is 1. The molecule has 3 heteroatoms. The van der Waals surface area contributed by atoms with Gasteiger partial charge in [-0.15, -0.1) is 0 Å². The van der Waals surface area contributed by atoms with Crippen LogP contribution in [0.3, 0.4) is 0 Å².